The van der Waals surface area contributed by atoms with Crippen molar-refractivity contribution in [2.24, 2.45) is 0 Å². The van der Waals surface area contributed by atoms with Crippen molar-refractivity contribution in [3.63, 3.8) is 0 Å². The Bertz CT molecular complexity index is 716. The van der Waals surface area contributed by atoms with Crippen LogP contribution in [0.1, 0.15) is 40.0 Å². The molecule has 0 heterocycles. The van der Waals surface area contributed by atoms with Crippen LogP contribution >= 0.6 is 0 Å². The Balaban J connectivity index is 2.87. The van der Waals surface area contributed by atoms with Gasteiger partial charge in [0.25, 0.3) is 0 Å². The molecule has 0 saturated carbocycles. The maximum atomic E-state index is 6.43. The van der Waals surface area contributed by atoms with Gasteiger partial charge in [0.1, 0.15) is 20.5 Å². The number of hydrogen-bond acceptors (Lipinski definition) is 3. The van der Waals surface area contributed by atoms with Crippen molar-refractivity contribution in [2.75, 3.05) is 20.5 Å². The van der Waals surface area contributed by atoms with Crippen molar-refractivity contribution in [1.82, 2.24) is 0 Å². The molecular weight excluding hydrogens is 392 g/mol. The van der Waals surface area contributed by atoms with Gasteiger partial charge in [-0.15, -0.1) is 5.54 Å². The van der Waals surface area contributed by atoms with Crippen molar-refractivity contribution in [3.05, 3.63) is 23.8 Å². The third-order valence-electron chi connectivity index (χ3n) is 5.37. The Morgan fingerprint density at radius 3 is 2.34 bits per heavy atom. The van der Waals surface area contributed by atoms with E-state index in [0.717, 1.165) is 19.3 Å². The second kappa shape index (κ2) is 10.8. The van der Waals surface area contributed by atoms with Crippen molar-refractivity contribution in [3.8, 4) is 23.3 Å². The zero-order valence-electron chi connectivity index (χ0n) is 20.0. The number of allylic oxidation sites excluding steroid dienone is 3. The lowest BCUT2D eigenvalue weighted by molar-refractivity contribution is -0.108. The van der Waals surface area contributed by atoms with E-state index in [4.69, 9.17) is 13.9 Å². The Kier molecular flexibility index (Phi) is 9.66. The van der Waals surface area contributed by atoms with E-state index in [0.29, 0.717) is 6.61 Å². The highest BCUT2D eigenvalue weighted by Crippen LogP contribution is 2.38. The summed E-state index contributed by atoms with van der Waals surface area (Å²) >= 11 is 0. The molecule has 0 aromatic heterocycles. The molecule has 0 aliphatic heterocycles. The number of methoxy groups -OCH3 is 1. The minimum Gasteiger partial charge on any atom is -0.413 e. The molecule has 0 aromatic rings. The highest BCUT2D eigenvalue weighted by Gasteiger charge is 2.38. The van der Waals surface area contributed by atoms with E-state index in [1.165, 1.54) is 5.57 Å². The fourth-order valence-electron chi connectivity index (χ4n) is 2.59. The molecule has 1 rings (SSSR count). The van der Waals surface area contributed by atoms with Crippen LogP contribution in [-0.2, 0) is 13.9 Å². The summed E-state index contributed by atoms with van der Waals surface area (Å²) in [6, 6.07) is 0. The molecule has 0 aromatic carbocycles. The monoisotopic (exact) mass is 432 g/mol. The summed E-state index contributed by atoms with van der Waals surface area (Å²) in [7, 11) is -1.49. The van der Waals surface area contributed by atoms with Crippen LogP contribution in [0.3, 0.4) is 0 Å². The standard InChI is InChI=1S/C24H40O3Si2/c1-23(2,3)29(8,9)27-20-22-15-14-17-24(19-22,26-21-25-4)16-12-10-11-13-18-28(5,6)7/h10-11,15H,14,17,19-21H2,1-9H3/b11-10-. The average Bonchev–Trinajstić information content (AvgIpc) is 2.60. The van der Waals surface area contributed by atoms with E-state index >= 15 is 0 Å². The summed E-state index contributed by atoms with van der Waals surface area (Å²) in [6.45, 7) is 19.0. The normalized spacial score (nSPS) is 20.5. The van der Waals surface area contributed by atoms with Crippen LogP contribution in [0.25, 0.3) is 0 Å². The molecule has 3 nitrogen and oxygen atoms in total. The fraction of sp³-hybridized carbons (Fsp3) is 0.667. The van der Waals surface area contributed by atoms with E-state index in [-0.39, 0.29) is 11.8 Å². The molecule has 1 aliphatic rings. The van der Waals surface area contributed by atoms with E-state index in [1.54, 1.807) is 7.11 Å². The molecule has 0 N–H and O–H groups in total. The van der Waals surface area contributed by atoms with Crippen LogP contribution in [0.2, 0.25) is 37.8 Å². The third kappa shape index (κ3) is 9.51. The Labute approximate surface area is 181 Å². The molecule has 0 saturated heterocycles. The van der Waals surface area contributed by atoms with Gasteiger partial charge in [-0.3, -0.25) is 0 Å². The first-order chi connectivity index (χ1) is 13.3. The zero-order valence-corrected chi connectivity index (χ0v) is 22.0. The van der Waals surface area contributed by atoms with Crippen LogP contribution in [0.4, 0.5) is 0 Å². The van der Waals surface area contributed by atoms with Gasteiger partial charge in [0.2, 0.25) is 0 Å². The van der Waals surface area contributed by atoms with Gasteiger partial charge >= 0.3 is 0 Å². The number of ether oxygens (including phenoxy) is 2. The molecular formula is C24H40O3Si2. The first-order valence-electron chi connectivity index (χ1n) is 10.5. The van der Waals surface area contributed by atoms with Gasteiger partial charge in [0, 0.05) is 13.5 Å². The first-order valence-corrected chi connectivity index (χ1v) is 16.9. The second-order valence-electron chi connectivity index (χ2n) is 10.3. The van der Waals surface area contributed by atoms with Crippen molar-refractivity contribution in [1.29, 1.82) is 0 Å². The van der Waals surface area contributed by atoms with Gasteiger partial charge in [-0.1, -0.05) is 64.2 Å². The molecule has 1 atom stereocenters. The van der Waals surface area contributed by atoms with Crippen LogP contribution in [0, 0.1) is 23.3 Å². The topological polar surface area (TPSA) is 27.7 Å². The summed E-state index contributed by atoms with van der Waals surface area (Å²) in [5.74, 6) is 9.61. The van der Waals surface area contributed by atoms with Crippen LogP contribution in [0.5, 0.6) is 0 Å². The van der Waals surface area contributed by atoms with Crippen LogP contribution in [-0.4, -0.2) is 42.5 Å². The lowest BCUT2D eigenvalue weighted by atomic mass is 9.85. The maximum Gasteiger partial charge on any atom is 0.192 e. The number of hydrogen-bond donors (Lipinski definition) is 0. The number of rotatable bonds is 6. The molecule has 0 amide bonds. The highest BCUT2D eigenvalue weighted by atomic mass is 28.4. The van der Waals surface area contributed by atoms with Gasteiger partial charge in [-0.2, -0.15) is 0 Å². The molecule has 162 valence electrons. The van der Waals surface area contributed by atoms with E-state index in [9.17, 15) is 0 Å². The predicted molar refractivity (Wildman–Crippen MR) is 129 cm³/mol. The Morgan fingerprint density at radius 1 is 1.10 bits per heavy atom. The fourth-order valence-corrected chi connectivity index (χ4v) is 4.08. The molecule has 29 heavy (non-hydrogen) atoms. The predicted octanol–water partition coefficient (Wildman–Crippen LogP) is 5.92. The van der Waals surface area contributed by atoms with Gasteiger partial charge < -0.3 is 13.9 Å². The van der Waals surface area contributed by atoms with E-state index < -0.39 is 22.0 Å². The first kappa shape index (κ1) is 25.9. The summed E-state index contributed by atoms with van der Waals surface area (Å²) in [6.07, 6.45) is 8.52. The summed E-state index contributed by atoms with van der Waals surface area (Å²) in [4.78, 5) is 0. The average molecular weight is 433 g/mol. The van der Waals surface area contributed by atoms with Crippen molar-refractivity contribution in [2.45, 2.75) is 83.4 Å². The molecule has 1 aliphatic carbocycles. The van der Waals surface area contributed by atoms with E-state index in [2.05, 4.69) is 82.9 Å². The minimum atomic E-state index is -1.78. The summed E-state index contributed by atoms with van der Waals surface area (Å²) in [5, 5.41) is 0.202. The SMILES string of the molecule is COCOC1(C#C/C=C\C#C[Si](C)(C)C)CCC=C(CO[Si](C)(C)C(C)(C)C)C1. The molecule has 0 spiro atoms. The van der Waals surface area contributed by atoms with Crippen LogP contribution < -0.4 is 0 Å². The van der Waals surface area contributed by atoms with Gasteiger partial charge in [-0.25, -0.2) is 0 Å². The van der Waals surface area contributed by atoms with Gasteiger partial charge in [0.05, 0.1) is 6.61 Å². The summed E-state index contributed by atoms with van der Waals surface area (Å²) in [5.41, 5.74) is 4.07. The van der Waals surface area contributed by atoms with Gasteiger partial charge in [0.15, 0.2) is 8.32 Å². The molecule has 1 unspecified atom stereocenters. The maximum absolute atomic E-state index is 6.43. The quantitative estimate of drug-likeness (QED) is 0.226. The molecule has 5 heteroatoms. The van der Waals surface area contributed by atoms with Crippen molar-refractivity contribution >= 4 is 16.4 Å². The minimum absolute atomic E-state index is 0.202. The second-order valence-corrected chi connectivity index (χ2v) is 19.9. The molecule has 0 fully saturated rings. The summed E-state index contributed by atoms with van der Waals surface area (Å²) < 4.78 is 17.7. The van der Waals surface area contributed by atoms with Crippen LogP contribution in [0.15, 0.2) is 23.8 Å². The largest absolute Gasteiger partial charge is 0.413 e. The Morgan fingerprint density at radius 2 is 1.76 bits per heavy atom. The molecule has 0 radical (unpaired) electrons. The Hall–Kier alpha value is -1.09. The lowest BCUT2D eigenvalue weighted by Gasteiger charge is -2.38. The lowest BCUT2D eigenvalue weighted by Crippen LogP contribution is -2.42. The third-order valence-corrected chi connectivity index (χ3v) is 10.7. The van der Waals surface area contributed by atoms with Gasteiger partial charge in [-0.05, 0) is 48.7 Å². The van der Waals surface area contributed by atoms with E-state index in [1.807, 2.05) is 12.2 Å². The smallest absolute Gasteiger partial charge is 0.192 e. The van der Waals surface area contributed by atoms with Crippen molar-refractivity contribution < 1.29 is 13.9 Å². The highest BCUT2D eigenvalue weighted by molar-refractivity contribution is 6.83. The zero-order chi connectivity index (χ0) is 22.2. The molecule has 0 bridgehead atoms.